The van der Waals surface area contributed by atoms with Crippen molar-refractivity contribution in [1.29, 1.82) is 0 Å². The molecule has 1 fully saturated rings. The zero-order chi connectivity index (χ0) is 15.0. The van der Waals surface area contributed by atoms with Gasteiger partial charge in [0.15, 0.2) is 5.65 Å². The van der Waals surface area contributed by atoms with Crippen LogP contribution in [0.15, 0.2) is 0 Å². The van der Waals surface area contributed by atoms with Gasteiger partial charge in [0.2, 0.25) is 0 Å². The van der Waals surface area contributed by atoms with Crippen molar-refractivity contribution in [3.8, 4) is 0 Å². The number of imidazole rings is 1. The van der Waals surface area contributed by atoms with Crippen molar-refractivity contribution in [3.05, 3.63) is 11.5 Å². The SMILES string of the molecule is CCCc1nn(C)c2c1nc(CCCl)n2CC1(C)CCC1. The van der Waals surface area contributed by atoms with Crippen LogP contribution in [0.2, 0.25) is 0 Å². The normalized spacial score (nSPS) is 17.3. The summed E-state index contributed by atoms with van der Waals surface area (Å²) in [6, 6.07) is 0. The smallest absolute Gasteiger partial charge is 0.158 e. The fourth-order valence-corrected chi connectivity index (χ4v) is 3.62. The number of nitrogens with zero attached hydrogens (tertiary/aromatic N) is 4. The Labute approximate surface area is 131 Å². The molecule has 0 radical (unpaired) electrons. The van der Waals surface area contributed by atoms with Crippen LogP contribution in [0.1, 0.15) is 51.0 Å². The van der Waals surface area contributed by atoms with E-state index in [1.165, 1.54) is 24.9 Å². The van der Waals surface area contributed by atoms with Crippen LogP contribution in [0.3, 0.4) is 0 Å². The molecule has 2 aromatic heterocycles. The fraction of sp³-hybridized carbons (Fsp3) is 0.750. The number of fused-ring (bicyclic) bond motifs is 1. The van der Waals surface area contributed by atoms with Crippen LogP contribution in [0.5, 0.6) is 0 Å². The molecule has 0 atom stereocenters. The molecule has 0 unspecified atom stereocenters. The topological polar surface area (TPSA) is 35.6 Å². The van der Waals surface area contributed by atoms with Crippen molar-refractivity contribution in [2.24, 2.45) is 12.5 Å². The minimum atomic E-state index is 0.421. The average molecular weight is 309 g/mol. The lowest BCUT2D eigenvalue weighted by Gasteiger charge is -2.39. The summed E-state index contributed by atoms with van der Waals surface area (Å²) in [6.07, 6.45) is 6.90. The zero-order valence-corrected chi connectivity index (χ0v) is 14.1. The molecule has 4 nitrogen and oxygen atoms in total. The molecule has 0 saturated heterocycles. The zero-order valence-electron chi connectivity index (χ0n) is 13.3. The largest absolute Gasteiger partial charge is 0.312 e. The van der Waals surface area contributed by atoms with Gasteiger partial charge in [0.05, 0.1) is 5.69 Å². The van der Waals surface area contributed by atoms with Crippen molar-refractivity contribution in [2.45, 2.75) is 58.9 Å². The van der Waals surface area contributed by atoms with Gasteiger partial charge in [-0.2, -0.15) is 5.10 Å². The Hall–Kier alpha value is -1.03. The second-order valence-electron chi connectivity index (χ2n) is 6.71. The number of halogens is 1. The minimum absolute atomic E-state index is 0.421. The van der Waals surface area contributed by atoms with Crippen LogP contribution in [0.4, 0.5) is 0 Å². The van der Waals surface area contributed by atoms with Crippen molar-refractivity contribution < 1.29 is 0 Å². The highest BCUT2D eigenvalue weighted by Crippen LogP contribution is 2.42. The van der Waals surface area contributed by atoms with E-state index in [0.717, 1.165) is 42.8 Å². The van der Waals surface area contributed by atoms with Gasteiger partial charge in [-0.3, -0.25) is 4.68 Å². The standard InChI is InChI=1S/C16H25ClN4/c1-4-6-12-14-15(20(3)19-12)21(13(18-14)7-10-17)11-16(2)8-5-9-16/h4-11H2,1-3H3. The summed E-state index contributed by atoms with van der Waals surface area (Å²) in [5, 5.41) is 4.68. The van der Waals surface area contributed by atoms with Crippen molar-refractivity contribution in [2.75, 3.05) is 5.88 Å². The van der Waals surface area contributed by atoms with E-state index in [2.05, 4.69) is 23.5 Å². The molecule has 2 aromatic rings. The van der Waals surface area contributed by atoms with Gasteiger partial charge in [0.25, 0.3) is 0 Å². The summed E-state index contributed by atoms with van der Waals surface area (Å²) < 4.78 is 4.39. The monoisotopic (exact) mass is 308 g/mol. The first-order valence-corrected chi connectivity index (χ1v) is 8.58. The van der Waals surface area contributed by atoms with Crippen LogP contribution < -0.4 is 0 Å². The van der Waals surface area contributed by atoms with Crippen molar-refractivity contribution in [1.82, 2.24) is 19.3 Å². The third kappa shape index (κ3) is 2.59. The van der Waals surface area contributed by atoms with E-state index in [1.807, 2.05) is 11.7 Å². The first-order chi connectivity index (χ1) is 10.1. The molecule has 1 aliphatic carbocycles. The van der Waals surface area contributed by atoms with Gasteiger partial charge in [-0.05, 0) is 24.7 Å². The summed E-state index contributed by atoms with van der Waals surface area (Å²) in [7, 11) is 2.03. The number of aryl methyl sites for hydroxylation is 3. The van der Waals surface area contributed by atoms with Crippen LogP contribution in [-0.4, -0.2) is 25.2 Å². The molecule has 21 heavy (non-hydrogen) atoms. The van der Waals surface area contributed by atoms with Gasteiger partial charge in [-0.15, -0.1) is 11.6 Å². The van der Waals surface area contributed by atoms with Gasteiger partial charge in [-0.1, -0.05) is 26.7 Å². The summed E-state index contributed by atoms with van der Waals surface area (Å²) >= 11 is 5.99. The molecule has 1 aliphatic rings. The second kappa shape index (κ2) is 5.64. The van der Waals surface area contributed by atoms with Crippen molar-refractivity contribution in [3.63, 3.8) is 0 Å². The van der Waals surface area contributed by atoms with Crippen molar-refractivity contribution >= 4 is 22.8 Å². The van der Waals surface area contributed by atoms with Gasteiger partial charge >= 0.3 is 0 Å². The maximum atomic E-state index is 5.99. The molecular weight excluding hydrogens is 284 g/mol. The third-order valence-electron chi connectivity index (χ3n) is 4.78. The number of hydrogen-bond acceptors (Lipinski definition) is 2. The second-order valence-corrected chi connectivity index (χ2v) is 7.09. The number of hydrogen-bond donors (Lipinski definition) is 0. The number of rotatable bonds is 6. The molecular formula is C16H25ClN4. The van der Waals surface area contributed by atoms with E-state index >= 15 is 0 Å². The Kier molecular flexibility index (Phi) is 4.00. The Morgan fingerprint density at radius 1 is 1.29 bits per heavy atom. The highest BCUT2D eigenvalue weighted by atomic mass is 35.5. The van der Waals surface area contributed by atoms with Crippen LogP contribution in [0.25, 0.3) is 11.2 Å². The summed E-state index contributed by atoms with van der Waals surface area (Å²) in [4.78, 5) is 4.88. The Morgan fingerprint density at radius 3 is 2.62 bits per heavy atom. The van der Waals surface area contributed by atoms with E-state index in [4.69, 9.17) is 16.6 Å². The van der Waals surface area contributed by atoms with Gasteiger partial charge < -0.3 is 4.57 Å². The fourth-order valence-electron chi connectivity index (χ4n) is 3.45. The summed E-state index contributed by atoms with van der Waals surface area (Å²) in [5.41, 5.74) is 3.81. The predicted octanol–water partition coefficient (Wildman–Crippen LogP) is 3.69. The van der Waals surface area contributed by atoms with E-state index in [-0.39, 0.29) is 0 Å². The van der Waals surface area contributed by atoms with Crippen LogP contribution in [0, 0.1) is 5.41 Å². The molecule has 0 aromatic carbocycles. The molecule has 0 aliphatic heterocycles. The Bertz CT molecular complexity index is 636. The molecule has 5 heteroatoms. The molecule has 0 bridgehead atoms. The molecule has 3 rings (SSSR count). The maximum Gasteiger partial charge on any atom is 0.158 e. The van der Waals surface area contributed by atoms with Gasteiger partial charge in [0, 0.05) is 25.9 Å². The van der Waals surface area contributed by atoms with Gasteiger partial charge in [-0.25, -0.2) is 4.98 Å². The molecule has 116 valence electrons. The average Bonchev–Trinajstić information content (AvgIpc) is 2.89. The first kappa shape index (κ1) is 14.9. The molecule has 0 amide bonds. The lowest BCUT2D eigenvalue weighted by Crippen LogP contribution is -2.31. The minimum Gasteiger partial charge on any atom is -0.312 e. The number of aromatic nitrogens is 4. The summed E-state index contributed by atoms with van der Waals surface area (Å²) in [6.45, 7) is 5.61. The van der Waals surface area contributed by atoms with E-state index < -0.39 is 0 Å². The molecule has 2 heterocycles. The lowest BCUT2D eigenvalue weighted by atomic mass is 9.70. The molecule has 0 N–H and O–H groups in total. The quantitative estimate of drug-likeness (QED) is 0.763. The Balaban J connectivity index is 2.07. The first-order valence-electron chi connectivity index (χ1n) is 8.05. The molecule has 0 spiro atoms. The van der Waals surface area contributed by atoms with Gasteiger partial charge in [0.1, 0.15) is 11.3 Å². The molecule has 1 saturated carbocycles. The summed E-state index contributed by atoms with van der Waals surface area (Å²) in [5.74, 6) is 1.75. The van der Waals surface area contributed by atoms with E-state index in [1.54, 1.807) is 0 Å². The maximum absolute atomic E-state index is 5.99. The Morgan fingerprint density at radius 2 is 2.05 bits per heavy atom. The van der Waals surface area contributed by atoms with E-state index in [0.29, 0.717) is 11.3 Å². The predicted molar refractivity (Wildman–Crippen MR) is 86.9 cm³/mol. The van der Waals surface area contributed by atoms with E-state index in [9.17, 15) is 0 Å². The lowest BCUT2D eigenvalue weighted by molar-refractivity contribution is 0.132. The van der Waals surface area contributed by atoms with Crippen LogP contribution in [-0.2, 0) is 26.4 Å². The number of alkyl halides is 1. The highest BCUT2D eigenvalue weighted by Gasteiger charge is 2.34. The van der Waals surface area contributed by atoms with Crippen LogP contribution >= 0.6 is 11.6 Å². The third-order valence-corrected chi connectivity index (χ3v) is 4.96. The highest BCUT2D eigenvalue weighted by molar-refractivity contribution is 6.17.